The fourth-order valence-electron chi connectivity index (χ4n) is 1.64. The van der Waals surface area contributed by atoms with Crippen LogP contribution < -0.4 is 0 Å². The highest BCUT2D eigenvalue weighted by Crippen LogP contribution is 2.21. The molecule has 4 heteroatoms. The highest BCUT2D eigenvalue weighted by Gasteiger charge is 2.12. The molecule has 1 aromatic heterocycles. The molecular weight excluding hydrogens is 315 g/mol. The van der Waals surface area contributed by atoms with Crippen LogP contribution in [0.15, 0.2) is 34.8 Å². The molecule has 0 aliphatic heterocycles. The SMILES string of the molecule is CCc1ccc(C(=O)Cc2ccc(Br)cc2F)s1. The Morgan fingerprint density at radius 1 is 1.33 bits per heavy atom. The zero-order valence-corrected chi connectivity index (χ0v) is 12.3. The first kappa shape index (κ1) is 13.4. The first-order chi connectivity index (χ1) is 8.60. The first-order valence-corrected chi connectivity index (χ1v) is 7.27. The van der Waals surface area contributed by atoms with Gasteiger partial charge in [-0.3, -0.25) is 4.79 Å². The van der Waals surface area contributed by atoms with Crippen LogP contribution in [0.3, 0.4) is 0 Å². The Kier molecular flexibility index (Phi) is 4.30. The minimum atomic E-state index is -0.343. The number of hydrogen-bond donors (Lipinski definition) is 0. The van der Waals surface area contributed by atoms with Crippen molar-refractivity contribution in [2.75, 3.05) is 0 Å². The third-order valence-electron chi connectivity index (χ3n) is 2.65. The fourth-order valence-corrected chi connectivity index (χ4v) is 2.86. The van der Waals surface area contributed by atoms with Crippen LogP contribution in [-0.2, 0) is 12.8 Å². The van der Waals surface area contributed by atoms with E-state index >= 15 is 0 Å². The second kappa shape index (κ2) is 5.76. The Labute approximate surface area is 118 Å². The number of carbonyl (C=O) groups excluding carboxylic acids is 1. The number of rotatable bonds is 4. The maximum atomic E-state index is 13.6. The van der Waals surface area contributed by atoms with Gasteiger partial charge < -0.3 is 0 Å². The molecule has 18 heavy (non-hydrogen) atoms. The molecule has 0 fully saturated rings. The van der Waals surface area contributed by atoms with Crippen molar-refractivity contribution in [3.8, 4) is 0 Å². The van der Waals surface area contributed by atoms with Crippen LogP contribution in [0.2, 0.25) is 0 Å². The summed E-state index contributed by atoms with van der Waals surface area (Å²) in [6, 6.07) is 8.55. The zero-order valence-electron chi connectivity index (χ0n) is 9.87. The summed E-state index contributed by atoms with van der Waals surface area (Å²) in [6.07, 6.45) is 1.04. The molecule has 0 aliphatic rings. The predicted molar refractivity (Wildman–Crippen MR) is 75.8 cm³/mol. The van der Waals surface area contributed by atoms with E-state index in [0.717, 1.165) is 6.42 Å². The molecule has 2 aromatic rings. The van der Waals surface area contributed by atoms with Crippen LogP contribution in [0.4, 0.5) is 4.39 Å². The lowest BCUT2D eigenvalue weighted by Gasteiger charge is -2.02. The molecule has 0 spiro atoms. The fraction of sp³-hybridized carbons (Fsp3) is 0.214. The van der Waals surface area contributed by atoms with Crippen LogP contribution in [0, 0.1) is 5.82 Å². The monoisotopic (exact) mass is 326 g/mol. The summed E-state index contributed by atoms with van der Waals surface area (Å²) >= 11 is 4.69. The van der Waals surface area contributed by atoms with Gasteiger partial charge in [0.1, 0.15) is 5.82 Å². The van der Waals surface area contributed by atoms with Crippen molar-refractivity contribution in [3.63, 3.8) is 0 Å². The topological polar surface area (TPSA) is 17.1 Å². The lowest BCUT2D eigenvalue weighted by atomic mass is 10.1. The second-order valence-electron chi connectivity index (χ2n) is 3.96. The molecule has 0 amide bonds. The van der Waals surface area contributed by atoms with Crippen molar-refractivity contribution in [2.45, 2.75) is 19.8 Å². The highest BCUT2D eigenvalue weighted by molar-refractivity contribution is 9.10. The quantitative estimate of drug-likeness (QED) is 0.748. The number of halogens is 2. The van der Waals surface area contributed by atoms with Crippen molar-refractivity contribution < 1.29 is 9.18 Å². The summed E-state index contributed by atoms with van der Waals surface area (Å²) in [5.41, 5.74) is 0.439. The van der Waals surface area contributed by atoms with Crippen molar-refractivity contribution >= 4 is 33.0 Å². The van der Waals surface area contributed by atoms with Crippen molar-refractivity contribution in [3.05, 3.63) is 55.9 Å². The van der Waals surface area contributed by atoms with Gasteiger partial charge in [0, 0.05) is 15.8 Å². The minimum Gasteiger partial charge on any atom is -0.293 e. The Morgan fingerprint density at radius 2 is 2.11 bits per heavy atom. The van der Waals surface area contributed by atoms with Crippen molar-refractivity contribution in [1.82, 2.24) is 0 Å². The van der Waals surface area contributed by atoms with Crippen LogP contribution >= 0.6 is 27.3 Å². The summed E-state index contributed by atoms with van der Waals surface area (Å²) in [7, 11) is 0. The highest BCUT2D eigenvalue weighted by atomic mass is 79.9. The molecule has 1 heterocycles. The van der Waals surface area contributed by atoms with Gasteiger partial charge in [0.05, 0.1) is 4.88 Å². The zero-order chi connectivity index (χ0) is 13.1. The molecule has 0 saturated carbocycles. The van der Waals surface area contributed by atoms with Crippen LogP contribution in [0.1, 0.15) is 27.0 Å². The van der Waals surface area contributed by atoms with E-state index < -0.39 is 0 Å². The van der Waals surface area contributed by atoms with E-state index in [4.69, 9.17) is 0 Å². The van der Waals surface area contributed by atoms with E-state index in [2.05, 4.69) is 22.9 Å². The average Bonchev–Trinajstić information content (AvgIpc) is 2.81. The van der Waals surface area contributed by atoms with Gasteiger partial charge in [-0.15, -0.1) is 11.3 Å². The van der Waals surface area contributed by atoms with Crippen LogP contribution in [-0.4, -0.2) is 5.78 Å². The summed E-state index contributed by atoms with van der Waals surface area (Å²) in [5.74, 6) is -0.370. The summed E-state index contributed by atoms with van der Waals surface area (Å²) < 4.78 is 14.3. The van der Waals surface area contributed by atoms with Crippen LogP contribution in [0.5, 0.6) is 0 Å². The van der Waals surface area contributed by atoms with E-state index in [0.29, 0.717) is 14.9 Å². The molecule has 0 bridgehead atoms. The van der Waals surface area contributed by atoms with E-state index in [9.17, 15) is 9.18 Å². The van der Waals surface area contributed by atoms with E-state index in [1.165, 1.54) is 22.3 Å². The van der Waals surface area contributed by atoms with Crippen molar-refractivity contribution in [2.24, 2.45) is 0 Å². The number of benzene rings is 1. The number of ketones is 1. The summed E-state index contributed by atoms with van der Waals surface area (Å²) in [6.45, 7) is 2.05. The van der Waals surface area contributed by atoms with Gasteiger partial charge >= 0.3 is 0 Å². The van der Waals surface area contributed by atoms with Gasteiger partial charge in [-0.1, -0.05) is 28.9 Å². The number of hydrogen-bond acceptors (Lipinski definition) is 2. The maximum Gasteiger partial charge on any atom is 0.177 e. The lowest BCUT2D eigenvalue weighted by molar-refractivity contribution is 0.0995. The number of aryl methyl sites for hydroxylation is 1. The Balaban J connectivity index is 2.16. The van der Waals surface area contributed by atoms with Gasteiger partial charge in [-0.25, -0.2) is 4.39 Å². The smallest absolute Gasteiger partial charge is 0.177 e. The molecule has 2 rings (SSSR count). The summed E-state index contributed by atoms with van der Waals surface area (Å²) in [5, 5.41) is 0. The van der Waals surface area contributed by atoms with Crippen molar-refractivity contribution in [1.29, 1.82) is 0 Å². The number of carbonyl (C=O) groups is 1. The molecule has 94 valence electrons. The third-order valence-corrected chi connectivity index (χ3v) is 4.41. The van der Waals surface area contributed by atoms with Gasteiger partial charge in [0.2, 0.25) is 0 Å². The van der Waals surface area contributed by atoms with E-state index in [1.54, 1.807) is 12.1 Å². The van der Waals surface area contributed by atoms with Gasteiger partial charge in [-0.05, 0) is 36.2 Å². The van der Waals surface area contributed by atoms with Gasteiger partial charge in [-0.2, -0.15) is 0 Å². The molecule has 0 aliphatic carbocycles. The van der Waals surface area contributed by atoms with Gasteiger partial charge in [0.25, 0.3) is 0 Å². The molecule has 0 saturated heterocycles. The maximum absolute atomic E-state index is 13.6. The lowest BCUT2D eigenvalue weighted by Crippen LogP contribution is -2.03. The molecule has 1 aromatic carbocycles. The van der Waals surface area contributed by atoms with Gasteiger partial charge in [0.15, 0.2) is 5.78 Å². The normalized spacial score (nSPS) is 10.6. The molecule has 0 N–H and O–H groups in total. The largest absolute Gasteiger partial charge is 0.293 e. The third kappa shape index (κ3) is 3.06. The molecule has 1 nitrogen and oxygen atoms in total. The second-order valence-corrected chi connectivity index (χ2v) is 6.04. The molecular formula is C14H12BrFOS. The Bertz CT molecular complexity index is 577. The van der Waals surface area contributed by atoms with Crippen LogP contribution in [0.25, 0.3) is 0 Å². The predicted octanol–water partition coefficient (Wildman–Crippen LogP) is 4.64. The van der Waals surface area contributed by atoms with E-state index in [-0.39, 0.29) is 18.0 Å². The number of thiophene rings is 1. The average molecular weight is 327 g/mol. The number of Topliss-reactive ketones (excluding diaryl/α,β-unsaturated/α-hetero) is 1. The summed E-state index contributed by atoms with van der Waals surface area (Å²) in [4.78, 5) is 13.9. The Hall–Kier alpha value is -1.00. The molecule has 0 radical (unpaired) electrons. The minimum absolute atomic E-state index is 0.0269. The Morgan fingerprint density at radius 3 is 2.72 bits per heavy atom. The van der Waals surface area contributed by atoms with E-state index in [1.807, 2.05) is 12.1 Å². The first-order valence-electron chi connectivity index (χ1n) is 5.66. The molecule has 0 atom stereocenters. The molecule has 0 unspecified atom stereocenters. The standard InChI is InChI=1S/C14H12BrFOS/c1-2-11-5-6-14(18-11)13(17)7-9-3-4-10(15)8-12(9)16/h3-6,8H,2,7H2,1H3.